The average Bonchev–Trinajstić information content (AvgIpc) is 2.79. The number of hydrogen-bond donors (Lipinski definition) is 3. The van der Waals surface area contributed by atoms with Crippen LogP contribution in [0.1, 0.15) is 18.9 Å². The van der Waals surface area contributed by atoms with Gasteiger partial charge < -0.3 is 10.4 Å². The third-order valence-electron chi connectivity index (χ3n) is 4.62. The molecule has 0 aliphatic heterocycles. The number of carbonyl (C=O) groups excluding carboxylic acids is 2. The van der Waals surface area contributed by atoms with Crippen molar-refractivity contribution in [2.24, 2.45) is 15.5 Å². The van der Waals surface area contributed by atoms with Crippen LogP contribution in [0.3, 0.4) is 0 Å². The van der Waals surface area contributed by atoms with Crippen LogP contribution in [0.5, 0.6) is 0 Å². The minimum atomic E-state index is -4.25. The number of amides is 1. The van der Waals surface area contributed by atoms with Crippen LogP contribution in [-0.4, -0.2) is 62.0 Å². The molecule has 0 aliphatic carbocycles. The number of benzene rings is 2. The molecule has 1 atom stereocenters. The molecule has 0 bridgehead atoms. The Bertz CT molecular complexity index is 1280. The predicted molar refractivity (Wildman–Crippen MR) is 138 cm³/mol. The second-order valence-corrected chi connectivity index (χ2v) is 10.2. The van der Waals surface area contributed by atoms with Crippen LogP contribution in [0.25, 0.3) is 0 Å². The number of nitrogens with zero attached hydrogens (tertiary/aromatic N) is 4. The van der Waals surface area contributed by atoms with Gasteiger partial charge in [-0.05, 0) is 47.2 Å². The number of likely N-dealkylation sites (N-methyl/N-ethyl adjacent to an activating group) is 1. The number of ketones is 1. The number of hydrogen-bond acceptors (Lipinski definition) is 7. The fourth-order valence-electron chi connectivity index (χ4n) is 2.93. The van der Waals surface area contributed by atoms with Crippen LogP contribution < -0.4 is 10.0 Å². The number of carboxylic acid groups (broad SMARTS) is 1. The highest BCUT2D eigenvalue weighted by Crippen LogP contribution is 2.24. The summed E-state index contributed by atoms with van der Waals surface area (Å²) in [6, 6.07) is 8.64. The molecule has 0 aromatic heterocycles. The minimum Gasteiger partial charge on any atom is -0.481 e. The molecular weight excluding hydrogens is 547 g/mol. The lowest BCUT2D eigenvalue weighted by Crippen LogP contribution is -2.45. The smallest absolute Gasteiger partial charge is 0.305 e. The Morgan fingerprint density at radius 3 is 2.30 bits per heavy atom. The first kappa shape index (κ1) is 29.8. The van der Waals surface area contributed by atoms with Crippen LogP contribution in [0.4, 0.5) is 5.69 Å². The molecule has 0 fully saturated rings. The number of carbonyl (C=O) groups is 3. The fraction of sp³-hybridized carbons (Fsp3) is 0.273. The molecule has 37 heavy (non-hydrogen) atoms. The standard InChI is InChI=1S/C22H24Cl2N6O6S/c1-14(31)26-15-6-8-16(9-7-15)37(35,36)27-20(12-22(33)34)21(32)13-30(2)29-28-25-11-10-17-18(23)4-3-5-19(17)24/h3-9,11,20,27H,10,12-13H2,1-2H3,(H,26,31)(H,33,34)/b25-11+,29-28-. The Hall–Kier alpha value is -3.39. The summed E-state index contributed by atoms with van der Waals surface area (Å²) < 4.78 is 27.6. The van der Waals surface area contributed by atoms with E-state index in [1.807, 2.05) is 0 Å². The van der Waals surface area contributed by atoms with Crippen molar-refractivity contribution < 1.29 is 27.9 Å². The second-order valence-electron chi connectivity index (χ2n) is 7.64. The monoisotopic (exact) mass is 570 g/mol. The SMILES string of the molecule is CC(=O)Nc1ccc(S(=O)(=O)NC(CC(=O)O)C(=O)CN(C)/N=N\N=C\Cc2c(Cl)cccc2Cl)cc1. The van der Waals surface area contributed by atoms with Gasteiger partial charge >= 0.3 is 5.97 Å². The van der Waals surface area contributed by atoms with Gasteiger partial charge in [0.05, 0.1) is 23.9 Å². The number of rotatable bonds is 13. The lowest BCUT2D eigenvalue weighted by atomic mass is 10.1. The van der Waals surface area contributed by atoms with Crippen molar-refractivity contribution in [1.82, 2.24) is 9.73 Å². The van der Waals surface area contributed by atoms with Crippen molar-refractivity contribution in [1.29, 1.82) is 0 Å². The number of aliphatic carboxylic acids is 1. The molecule has 2 rings (SSSR count). The Balaban J connectivity index is 2.02. The quantitative estimate of drug-likeness (QED) is 0.188. The normalized spacial score (nSPS) is 12.5. The Morgan fingerprint density at radius 1 is 1.11 bits per heavy atom. The van der Waals surface area contributed by atoms with E-state index in [1.165, 1.54) is 44.5 Å². The van der Waals surface area contributed by atoms with Crippen LogP contribution in [0.2, 0.25) is 10.0 Å². The number of nitrogens with one attached hydrogen (secondary N) is 2. The zero-order valence-electron chi connectivity index (χ0n) is 19.8. The van der Waals surface area contributed by atoms with Crippen LogP contribution >= 0.6 is 23.2 Å². The third kappa shape index (κ3) is 9.88. The van der Waals surface area contributed by atoms with Gasteiger partial charge in [0, 0.05) is 42.3 Å². The van der Waals surface area contributed by atoms with Crippen LogP contribution in [0, 0.1) is 0 Å². The number of carboxylic acids is 1. The van der Waals surface area contributed by atoms with Crippen molar-refractivity contribution in [3.8, 4) is 0 Å². The van der Waals surface area contributed by atoms with Crippen LogP contribution in [0.15, 0.2) is 62.9 Å². The van der Waals surface area contributed by atoms with Gasteiger partial charge in [-0.15, -0.1) is 5.10 Å². The summed E-state index contributed by atoms with van der Waals surface area (Å²) in [5.41, 5.74) is 1.02. The van der Waals surface area contributed by atoms with E-state index in [0.717, 1.165) is 5.01 Å². The number of Topliss-reactive ketones (excluding diaryl/α,β-unsaturated/α-hetero) is 1. The van der Waals surface area contributed by atoms with E-state index in [2.05, 4.69) is 25.6 Å². The summed E-state index contributed by atoms with van der Waals surface area (Å²) in [6.07, 6.45) is 0.906. The number of halogens is 2. The van der Waals surface area contributed by atoms with Crippen molar-refractivity contribution in [2.75, 3.05) is 18.9 Å². The number of anilines is 1. The highest BCUT2D eigenvalue weighted by atomic mass is 35.5. The molecule has 0 saturated heterocycles. The number of sulfonamides is 1. The molecule has 12 nitrogen and oxygen atoms in total. The maximum absolute atomic E-state index is 12.7. The van der Waals surface area contributed by atoms with Gasteiger partial charge in [0.15, 0.2) is 5.78 Å². The van der Waals surface area contributed by atoms with Gasteiger partial charge in [0.2, 0.25) is 15.9 Å². The summed E-state index contributed by atoms with van der Waals surface area (Å²) in [5, 5.41) is 24.7. The molecule has 1 unspecified atom stereocenters. The van der Waals surface area contributed by atoms with E-state index >= 15 is 0 Å². The van der Waals surface area contributed by atoms with Gasteiger partial charge in [-0.25, -0.2) is 8.42 Å². The zero-order chi connectivity index (χ0) is 27.6. The molecular formula is C22H24Cl2N6O6S. The first-order chi connectivity index (χ1) is 17.4. The summed E-state index contributed by atoms with van der Waals surface area (Å²) in [5.74, 6) is -2.47. The molecule has 0 aliphatic rings. The molecule has 0 saturated carbocycles. The van der Waals surface area contributed by atoms with Crippen LogP contribution in [-0.2, 0) is 30.8 Å². The van der Waals surface area contributed by atoms with Gasteiger partial charge in [0.1, 0.15) is 0 Å². The van der Waals surface area contributed by atoms with Gasteiger partial charge in [-0.3, -0.25) is 19.4 Å². The molecule has 15 heteroatoms. The highest BCUT2D eigenvalue weighted by molar-refractivity contribution is 7.89. The molecule has 0 spiro atoms. The molecule has 0 heterocycles. The Kier molecular flexibility index (Phi) is 11.1. The Morgan fingerprint density at radius 2 is 1.73 bits per heavy atom. The average molecular weight is 571 g/mol. The zero-order valence-corrected chi connectivity index (χ0v) is 22.1. The maximum atomic E-state index is 12.7. The first-order valence-electron chi connectivity index (χ1n) is 10.6. The largest absolute Gasteiger partial charge is 0.481 e. The molecule has 2 aromatic carbocycles. The van der Waals surface area contributed by atoms with E-state index in [9.17, 15) is 22.8 Å². The lowest BCUT2D eigenvalue weighted by Gasteiger charge is -2.18. The molecule has 0 radical (unpaired) electrons. The lowest BCUT2D eigenvalue weighted by molar-refractivity contribution is -0.139. The van der Waals surface area contributed by atoms with Gasteiger partial charge in [0.25, 0.3) is 0 Å². The molecule has 3 N–H and O–H groups in total. The summed E-state index contributed by atoms with van der Waals surface area (Å²) in [6.45, 7) is 0.853. The van der Waals surface area contributed by atoms with Gasteiger partial charge in [-0.1, -0.05) is 34.5 Å². The van der Waals surface area contributed by atoms with Crippen molar-refractivity contribution in [3.63, 3.8) is 0 Å². The fourth-order valence-corrected chi connectivity index (χ4v) is 4.70. The van der Waals surface area contributed by atoms with E-state index < -0.39 is 40.8 Å². The molecule has 2 aromatic rings. The van der Waals surface area contributed by atoms with Crippen molar-refractivity contribution in [2.45, 2.75) is 30.7 Å². The molecule has 198 valence electrons. The van der Waals surface area contributed by atoms with Crippen molar-refractivity contribution in [3.05, 3.63) is 58.1 Å². The maximum Gasteiger partial charge on any atom is 0.305 e. The predicted octanol–water partition coefficient (Wildman–Crippen LogP) is 3.17. The third-order valence-corrected chi connectivity index (χ3v) is 6.81. The van der Waals surface area contributed by atoms with E-state index in [-0.39, 0.29) is 17.2 Å². The van der Waals surface area contributed by atoms with Gasteiger partial charge in [-0.2, -0.15) is 4.72 Å². The topological polar surface area (TPSA) is 170 Å². The highest BCUT2D eigenvalue weighted by Gasteiger charge is 2.28. The first-order valence-corrected chi connectivity index (χ1v) is 12.8. The second kappa shape index (κ2) is 13.8. The summed E-state index contributed by atoms with van der Waals surface area (Å²) in [7, 11) is -2.87. The minimum absolute atomic E-state index is 0.217. The van der Waals surface area contributed by atoms with E-state index in [1.54, 1.807) is 18.2 Å². The van der Waals surface area contributed by atoms with E-state index in [4.69, 9.17) is 28.3 Å². The molecule has 1 amide bonds. The van der Waals surface area contributed by atoms with Crippen molar-refractivity contribution >= 4 is 62.8 Å². The summed E-state index contributed by atoms with van der Waals surface area (Å²) in [4.78, 5) is 34.8. The summed E-state index contributed by atoms with van der Waals surface area (Å²) >= 11 is 12.1. The Labute approximate surface area is 223 Å². The van der Waals surface area contributed by atoms with E-state index in [0.29, 0.717) is 21.3 Å².